The van der Waals surface area contributed by atoms with E-state index < -0.39 is 0 Å². The normalized spacial score (nSPS) is 21.6. The number of aromatic nitrogens is 2. The molecule has 1 aromatic carbocycles. The summed E-state index contributed by atoms with van der Waals surface area (Å²) in [6.07, 6.45) is 7.05. The van der Waals surface area contributed by atoms with Crippen LogP contribution < -0.4 is 5.32 Å². The summed E-state index contributed by atoms with van der Waals surface area (Å²) in [6, 6.07) is 7.51. The largest absolute Gasteiger partial charge is 0.508 e. The molecule has 2 aromatic rings. The summed E-state index contributed by atoms with van der Waals surface area (Å²) in [4.78, 5) is 12.1. The number of fused-ring (bicyclic) bond motifs is 1. The van der Waals surface area contributed by atoms with E-state index in [4.69, 9.17) is 0 Å². The van der Waals surface area contributed by atoms with Gasteiger partial charge in [0.25, 0.3) is 0 Å². The molecule has 0 spiro atoms. The number of anilines is 1. The Kier molecular flexibility index (Phi) is 3.13. The van der Waals surface area contributed by atoms with Crippen molar-refractivity contribution >= 4 is 11.7 Å². The number of hydrogen-bond donors (Lipinski definition) is 2. The van der Waals surface area contributed by atoms with Crippen molar-refractivity contribution in [3.05, 3.63) is 41.6 Å². The van der Waals surface area contributed by atoms with E-state index in [0.717, 1.165) is 29.8 Å². The average Bonchev–Trinajstić information content (AvgIpc) is 3.15. The topological polar surface area (TPSA) is 67.1 Å². The van der Waals surface area contributed by atoms with Crippen LogP contribution in [0.4, 0.5) is 5.82 Å². The Morgan fingerprint density at radius 3 is 2.64 bits per heavy atom. The first kappa shape index (κ1) is 13.4. The highest BCUT2D eigenvalue weighted by Gasteiger charge is 2.32. The van der Waals surface area contributed by atoms with Crippen LogP contribution in [0, 0.1) is 0 Å². The number of hydrogen-bond acceptors (Lipinski definition) is 3. The van der Waals surface area contributed by atoms with Crippen LogP contribution in [0.2, 0.25) is 0 Å². The molecule has 2 N–H and O–H groups in total. The van der Waals surface area contributed by atoms with Crippen molar-refractivity contribution in [2.24, 2.45) is 0 Å². The van der Waals surface area contributed by atoms with Gasteiger partial charge in [0.15, 0.2) is 0 Å². The Labute approximate surface area is 129 Å². The minimum Gasteiger partial charge on any atom is -0.508 e. The van der Waals surface area contributed by atoms with Crippen LogP contribution in [0.25, 0.3) is 0 Å². The second kappa shape index (κ2) is 5.16. The van der Waals surface area contributed by atoms with Crippen LogP contribution in [0.5, 0.6) is 5.75 Å². The van der Waals surface area contributed by atoms with E-state index in [0.29, 0.717) is 12.5 Å². The number of aromatic hydroxyl groups is 1. The van der Waals surface area contributed by atoms with Crippen molar-refractivity contribution in [1.82, 2.24) is 9.78 Å². The van der Waals surface area contributed by atoms with Crippen molar-refractivity contribution in [3.8, 4) is 5.75 Å². The summed E-state index contributed by atoms with van der Waals surface area (Å²) in [6.45, 7) is 0. The summed E-state index contributed by atoms with van der Waals surface area (Å²) in [5.74, 6) is 1.15. The highest BCUT2D eigenvalue weighted by atomic mass is 16.3. The zero-order chi connectivity index (χ0) is 15.1. The standard InChI is InChI=1S/C17H19N3O2/c21-13-7-5-11(6-8-13)14-9-16(22)19-17-15(14)10-18-20(17)12-3-1-2-4-12/h5-8,10,12,14,21H,1-4,9H2,(H,19,22). The van der Waals surface area contributed by atoms with Crippen molar-refractivity contribution in [3.63, 3.8) is 0 Å². The number of carbonyl (C=O) groups is 1. The Morgan fingerprint density at radius 2 is 1.91 bits per heavy atom. The predicted molar refractivity (Wildman–Crippen MR) is 82.9 cm³/mol. The summed E-state index contributed by atoms with van der Waals surface area (Å²) in [5, 5.41) is 17.0. The van der Waals surface area contributed by atoms with E-state index in [1.807, 2.05) is 23.0 Å². The van der Waals surface area contributed by atoms with E-state index in [9.17, 15) is 9.90 Å². The van der Waals surface area contributed by atoms with Crippen LogP contribution in [-0.2, 0) is 4.79 Å². The van der Waals surface area contributed by atoms with Gasteiger partial charge in [-0.3, -0.25) is 4.79 Å². The zero-order valence-corrected chi connectivity index (χ0v) is 12.3. The molecule has 1 amide bonds. The quantitative estimate of drug-likeness (QED) is 0.894. The molecule has 2 aliphatic rings. The molecule has 0 radical (unpaired) electrons. The fraction of sp³-hybridized carbons (Fsp3) is 0.412. The van der Waals surface area contributed by atoms with E-state index in [1.54, 1.807) is 12.1 Å². The first-order chi connectivity index (χ1) is 10.7. The molecule has 2 heterocycles. The number of phenols is 1. The first-order valence-electron chi connectivity index (χ1n) is 7.88. The average molecular weight is 297 g/mol. The van der Waals surface area contributed by atoms with Crippen molar-refractivity contribution in [1.29, 1.82) is 0 Å². The lowest BCUT2D eigenvalue weighted by molar-refractivity contribution is -0.116. The maximum Gasteiger partial charge on any atom is 0.226 e. The monoisotopic (exact) mass is 297 g/mol. The molecule has 1 fully saturated rings. The SMILES string of the molecule is O=C1CC(c2ccc(O)cc2)c2cnn(C3CCCC3)c2N1. The van der Waals surface area contributed by atoms with Crippen LogP contribution in [0.15, 0.2) is 30.5 Å². The zero-order valence-electron chi connectivity index (χ0n) is 12.3. The molecule has 0 bridgehead atoms. The van der Waals surface area contributed by atoms with Crippen molar-refractivity contribution < 1.29 is 9.90 Å². The van der Waals surface area contributed by atoms with Gasteiger partial charge in [-0.2, -0.15) is 5.10 Å². The molecular formula is C17H19N3O2. The van der Waals surface area contributed by atoms with Crippen LogP contribution in [0.3, 0.4) is 0 Å². The Bertz CT molecular complexity index is 699. The lowest BCUT2D eigenvalue weighted by Gasteiger charge is -2.25. The van der Waals surface area contributed by atoms with E-state index in [1.165, 1.54) is 12.8 Å². The molecule has 1 aromatic heterocycles. The van der Waals surface area contributed by atoms with Gasteiger partial charge in [0.1, 0.15) is 11.6 Å². The fourth-order valence-corrected chi connectivity index (χ4v) is 3.67. The van der Waals surface area contributed by atoms with Crippen molar-refractivity contribution in [2.45, 2.75) is 44.1 Å². The van der Waals surface area contributed by atoms with E-state index in [-0.39, 0.29) is 17.6 Å². The summed E-state index contributed by atoms with van der Waals surface area (Å²) in [7, 11) is 0. The van der Waals surface area contributed by atoms with Gasteiger partial charge in [0.05, 0.1) is 12.2 Å². The highest BCUT2D eigenvalue weighted by Crippen LogP contribution is 2.40. The Balaban J connectivity index is 1.74. The minimum atomic E-state index is 0.0134. The molecular weight excluding hydrogens is 278 g/mol. The number of nitrogens with zero attached hydrogens (tertiary/aromatic N) is 2. The molecule has 0 saturated heterocycles. The van der Waals surface area contributed by atoms with Crippen LogP contribution >= 0.6 is 0 Å². The van der Waals surface area contributed by atoms with Gasteiger partial charge in [-0.25, -0.2) is 4.68 Å². The maximum absolute atomic E-state index is 12.1. The fourth-order valence-electron chi connectivity index (χ4n) is 3.67. The third-order valence-corrected chi connectivity index (χ3v) is 4.81. The number of amides is 1. The van der Waals surface area contributed by atoms with Crippen LogP contribution in [0.1, 0.15) is 55.2 Å². The Morgan fingerprint density at radius 1 is 1.18 bits per heavy atom. The van der Waals surface area contributed by atoms with Gasteiger partial charge in [0, 0.05) is 17.9 Å². The number of benzene rings is 1. The van der Waals surface area contributed by atoms with Gasteiger partial charge >= 0.3 is 0 Å². The van der Waals surface area contributed by atoms with Gasteiger partial charge in [-0.1, -0.05) is 25.0 Å². The molecule has 1 aliphatic carbocycles. The van der Waals surface area contributed by atoms with E-state index >= 15 is 0 Å². The summed E-state index contributed by atoms with van der Waals surface area (Å²) >= 11 is 0. The molecule has 1 unspecified atom stereocenters. The molecule has 1 saturated carbocycles. The lowest BCUT2D eigenvalue weighted by Crippen LogP contribution is -2.25. The maximum atomic E-state index is 12.1. The second-order valence-corrected chi connectivity index (χ2v) is 6.23. The lowest BCUT2D eigenvalue weighted by atomic mass is 9.87. The minimum absolute atomic E-state index is 0.0134. The van der Waals surface area contributed by atoms with Gasteiger partial charge < -0.3 is 10.4 Å². The number of carbonyl (C=O) groups excluding carboxylic acids is 1. The molecule has 5 heteroatoms. The molecule has 4 rings (SSSR count). The predicted octanol–water partition coefficient (Wildman–Crippen LogP) is 3.18. The van der Waals surface area contributed by atoms with Crippen molar-refractivity contribution in [2.75, 3.05) is 5.32 Å². The number of phenolic OH excluding ortho intramolecular Hbond substituents is 1. The first-order valence-corrected chi connectivity index (χ1v) is 7.88. The third-order valence-electron chi connectivity index (χ3n) is 4.81. The molecule has 5 nitrogen and oxygen atoms in total. The molecule has 114 valence electrons. The highest BCUT2D eigenvalue weighted by molar-refractivity contribution is 5.94. The van der Waals surface area contributed by atoms with Gasteiger partial charge in [-0.05, 0) is 30.5 Å². The van der Waals surface area contributed by atoms with Gasteiger partial charge in [0.2, 0.25) is 5.91 Å². The molecule has 1 aliphatic heterocycles. The third kappa shape index (κ3) is 2.17. The van der Waals surface area contributed by atoms with Crippen LogP contribution in [-0.4, -0.2) is 20.8 Å². The second-order valence-electron chi connectivity index (χ2n) is 6.23. The summed E-state index contributed by atoms with van der Waals surface area (Å²) in [5.41, 5.74) is 2.12. The Hall–Kier alpha value is -2.30. The molecule has 22 heavy (non-hydrogen) atoms. The molecule has 1 atom stereocenters. The van der Waals surface area contributed by atoms with Gasteiger partial charge in [-0.15, -0.1) is 0 Å². The number of nitrogens with one attached hydrogen (secondary N) is 1. The summed E-state index contributed by atoms with van der Waals surface area (Å²) < 4.78 is 2.01. The number of rotatable bonds is 2. The van der Waals surface area contributed by atoms with E-state index in [2.05, 4.69) is 10.4 Å². The smallest absolute Gasteiger partial charge is 0.226 e.